The largest absolute Gasteiger partial charge is 0.481 e. The topological polar surface area (TPSA) is 71.1 Å². The first kappa shape index (κ1) is 27.2. The van der Waals surface area contributed by atoms with Crippen molar-refractivity contribution in [2.45, 2.75) is 66.2 Å². The lowest BCUT2D eigenvalue weighted by atomic mass is 9.81. The Morgan fingerprint density at radius 3 is 1.24 bits per heavy atom. The average Bonchev–Trinajstić information content (AvgIpc) is 2.74. The van der Waals surface area contributed by atoms with Crippen molar-refractivity contribution in [3.05, 3.63) is 46.5 Å². The van der Waals surface area contributed by atoms with Crippen molar-refractivity contribution in [1.29, 1.82) is 0 Å². The summed E-state index contributed by atoms with van der Waals surface area (Å²) in [4.78, 5) is 23.3. The fraction of sp³-hybridized carbons (Fsp3) is 0.500. The van der Waals surface area contributed by atoms with Gasteiger partial charge in [-0.2, -0.15) is 0 Å². The number of rotatable bonds is 7. The molecule has 2 aromatic rings. The van der Waals surface area contributed by atoms with Crippen LogP contribution in [0.5, 0.6) is 11.5 Å². The highest BCUT2D eigenvalue weighted by Crippen LogP contribution is 2.41. The third kappa shape index (κ3) is 6.52. The second kappa shape index (κ2) is 10.5. The minimum atomic E-state index is -0.420. The monoisotopic (exact) mass is 470 g/mol. The van der Waals surface area contributed by atoms with E-state index in [1.54, 1.807) is 0 Å². The van der Waals surface area contributed by atoms with Crippen LogP contribution in [-0.4, -0.2) is 39.4 Å². The van der Waals surface area contributed by atoms with Gasteiger partial charge in [-0.25, -0.2) is 9.59 Å². The summed E-state index contributed by atoms with van der Waals surface area (Å²) in [5.41, 5.74) is 5.55. The summed E-state index contributed by atoms with van der Waals surface area (Å²) in [6, 6.07) is 8.38. The van der Waals surface area contributed by atoms with Crippen molar-refractivity contribution < 1.29 is 28.5 Å². The molecule has 2 aromatic carbocycles. The predicted octanol–water partition coefficient (Wildman–Crippen LogP) is 5.67. The van der Waals surface area contributed by atoms with Crippen molar-refractivity contribution >= 4 is 11.9 Å². The highest BCUT2D eigenvalue weighted by atomic mass is 16.6. The molecule has 34 heavy (non-hydrogen) atoms. The molecule has 0 unspecified atom stereocenters. The Morgan fingerprint density at radius 1 is 0.647 bits per heavy atom. The quantitative estimate of drug-likeness (QED) is 0.486. The summed E-state index contributed by atoms with van der Waals surface area (Å²) in [5.74, 6) is 0.563. The smallest absolute Gasteiger partial charge is 0.343 e. The summed E-state index contributed by atoms with van der Waals surface area (Å²) in [6.45, 7) is 16.4. The van der Waals surface area contributed by atoms with E-state index in [2.05, 4.69) is 65.8 Å². The zero-order valence-electron chi connectivity index (χ0n) is 22.2. The van der Waals surface area contributed by atoms with Gasteiger partial charge >= 0.3 is 11.9 Å². The Balaban J connectivity index is 2.64. The molecular weight excluding hydrogens is 432 g/mol. The maximum Gasteiger partial charge on any atom is 0.343 e. The number of hydrogen-bond acceptors (Lipinski definition) is 6. The third-order valence-electron chi connectivity index (χ3n) is 5.62. The van der Waals surface area contributed by atoms with Gasteiger partial charge in [-0.1, -0.05) is 41.5 Å². The van der Waals surface area contributed by atoms with Crippen LogP contribution in [0.1, 0.15) is 63.8 Å². The van der Waals surface area contributed by atoms with Crippen LogP contribution in [0.2, 0.25) is 0 Å². The van der Waals surface area contributed by atoms with E-state index in [1.165, 1.54) is 14.2 Å². The van der Waals surface area contributed by atoms with Gasteiger partial charge in [-0.15, -0.1) is 0 Å². The molecule has 0 saturated heterocycles. The van der Waals surface area contributed by atoms with E-state index in [-0.39, 0.29) is 24.0 Å². The van der Waals surface area contributed by atoms with E-state index in [0.29, 0.717) is 11.5 Å². The molecule has 0 heterocycles. The lowest BCUT2D eigenvalue weighted by molar-refractivity contribution is -0.143. The molecule has 0 aliphatic heterocycles. The minimum absolute atomic E-state index is 0.140. The van der Waals surface area contributed by atoms with Gasteiger partial charge in [-0.05, 0) is 71.2 Å². The van der Waals surface area contributed by atoms with Crippen LogP contribution in [0.3, 0.4) is 0 Å². The minimum Gasteiger partial charge on any atom is -0.481 e. The first-order chi connectivity index (χ1) is 15.7. The van der Waals surface area contributed by atoms with Gasteiger partial charge in [0, 0.05) is 11.1 Å². The number of carbonyl (C=O) groups excluding carboxylic acids is 2. The van der Waals surface area contributed by atoms with Gasteiger partial charge in [-0.3, -0.25) is 0 Å². The zero-order valence-corrected chi connectivity index (χ0v) is 22.2. The van der Waals surface area contributed by atoms with Crippen LogP contribution in [0.4, 0.5) is 0 Å². The van der Waals surface area contributed by atoms with Crippen LogP contribution in [-0.2, 0) is 29.9 Å². The van der Waals surface area contributed by atoms with Crippen molar-refractivity contribution in [1.82, 2.24) is 0 Å². The van der Waals surface area contributed by atoms with Gasteiger partial charge < -0.3 is 18.9 Å². The summed E-state index contributed by atoms with van der Waals surface area (Å²) in [5, 5.41) is 0. The van der Waals surface area contributed by atoms with Crippen LogP contribution in [0.15, 0.2) is 24.3 Å². The fourth-order valence-corrected chi connectivity index (χ4v) is 3.76. The van der Waals surface area contributed by atoms with E-state index in [1.807, 2.05) is 13.8 Å². The van der Waals surface area contributed by atoms with Crippen molar-refractivity contribution in [2.24, 2.45) is 0 Å². The molecule has 0 spiro atoms. The molecule has 2 rings (SSSR count). The molecule has 0 radical (unpaired) electrons. The number of methoxy groups -OCH3 is 2. The molecule has 0 saturated carbocycles. The van der Waals surface area contributed by atoms with E-state index >= 15 is 0 Å². The predicted molar refractivity (Wildman–Crippen MR) is 134 cm³/mol. The van der Waals surface area contributed by atoms with Gasteiger partial charge in [0.25, 0.3) is 0 Å². The molecule has 186 valence electrons. The van der Waals surface area contributed by atoms with Gasteiger partial charge in [0.05, 0.1) is 14.2 Å². The SMILES string of the molecule is COC(=O)COc1c(C)cc(-c2cc(C)c(OCC(=O)OC)c(C(C)(C)C)c2)cc1C(C)(C)C. The maximum absolute atomic E-state index is 11.7. The Labute approximate surface area is 203 Å². The Kier molecular flexibility index (Phi) is 8.40. The molecule has 6 nitrogen and oxygen atoms in total. The van der Waals surface area contributed by atoms with Crippen molar-refractivity contribution in [3.63, 3.8) is 0 Å². The Bertz CT molecular complexity index is 969. The first-order valence-electron chi connectivity index (χ1n) is 11.4. The summed E-state index contributed by atoms with van der Waals surface area (Å²) in [7, 11) is 2.69. The number of hydrogen-bond donors (Lipinski definition) is 0. The molecular formula is C28H38O6. The standard InChI is InChI=1S/C28H38O6/c1-17-11-19(13-21(27(3,4)5)25(17)33-15-23(29)31-9)20-12-18(2)26(34-16-24(30)32-10)22(14-20)28(6,7)8/h11-14H,15-16H2,1-10H3. The molecule has 0 N–H and O–H groups in total. The molecule has 0 aliphatic rings. The second-order valence-corrected chi connectivity index (χ2v) is 10.6. The van der Waals surface area contributed by atoms with Crippen LogP contribution in [0.25, 0.3) is 11.1 Å². The molecule has 6 heteroatoms. The highest BCUT2D eigenvalue weighted by molar-refractivity contribution is 5.74. The number of benzene rings is 2. The Morgan fingerprint density at radius 2 is 0.971 bits per heavy atom. The Hall–Kier alpha value is -3.02. The normalized spacial score (nSPS) is 11.7. The van der Waals surface area contributed by atoms with Crippen LogP contribution in [0, 0.1) is 13.8 Å². The summed E-state index contributed by atoms with van der Waals surface area (Å²) < 4.78 is 21.2. The van der Waals surface area contributed by atoms with Crippen LogP contribution >= 0.6 is 0 Å². The second-order valence-electron chi connectivity index (χ2n) is 10.6. The fourth-order valence-electron chi connectivity index (χ4n) is 3.76. The van der Waals surface area contributed by atoms with E-state index in [4.69, 9.17) is 18.9 Å². The summed E-state index contributed by atoms with van der Waals surface area (Å²) in [6.07, 6.45) is 0. The van der Waals surface area contributed by atoms with Crippen LogP contribution < -0.4 is 9.47 Å². The molecule has 0 aliphatic carbocycles. The van der Waals surface area contributed by atoms with E-state index < -0.39 is 11.9 Å². The number of carbonyl (C=O) groups is 2. The summed E-state index contributed by atoms with van der Waals surface area (Å²) >= 11 is 0. The highest BCUT2D eigenvalue weighted by Gasteiger charge is 2.25. The number of aryl methyl sites for hydroxylation is 2. The molecule has 0 atom stereocenters. The number of ether oxygens (including phenoxy) is 4. The number of esters is 2. The maximum atomic E-state index is 11.7. The lowest BCUT2D eigenvalue weighted by Gasteiger charge is -2.27. The van der Waals surface area contributed by atoms with Crippen molar-refractivity contribution in [2.75, 3.05) is 27.4 Å². The van der Waals surface area contributed by atoms with Crippen molar-refractivity contribution in [3.8, 4) is 22.6 Å². The van der Waals surface area contributed by atoms with Gasteiger partial charge in [0.2, 0.25) is 0 Å². The van der Waals surface area contributed by atoms with Gasteiger partial charge in [0.15, 0.2) is 13.2 Å². The molecule has 0 fully saturated rings. The first-order valence-corrected chi connectivity index (χ1v) is 11.4. The van der Waals surface area contributed by atoms with E-state index in [9.17, 15) is 9.59 Å². The van der Waals surface area contributed by atoms with E-state index in [0.717, 1.165) is 33.4 Å². The molecule has 0 amide bonds. The molecule has 0 bridgehead atoms. The zero-order chi connectivity index (χ0) is 25.8. The third-order valence-corrected chi connectivity index (χ3v) is 5.62. The average molecular weight is 471 g/mol. The lowest BCUT2D eigenvalue weighted by Crippen LogP contribution is -2.19. The van der Waals surface area contributed by atoms with Gasteiger partial charge in [0.1, 0.15) is 11.5 Å². The molecule has 0 aromatic heterocycles.